The van der Waals surface area contributed by atoms with Crippen LogP contribution in [0.5, 0.6) is 0 Å². The van der Waals surface area contributed by atoms with Crippen LogP contribution in [0.15, 0.2) is 60.7 Å². The summed E-state index contributed by atoms with van der Waals surface area (Å²) in [5.41, 5.74) is 5.13. The largest absolute Gasteiger partial charge is 0.378 e. The van der Waals surface area contributed by atoms with Gasteiger partial charge in [0.25, 0.3) is 0 Å². The molecule has 0 radical (unpaired) electrons. The van der Waals surface area contributed by atoms with Crippen molar-refractivity contribution >= 4 is 16.5 Å². The van der Waals surface area contributed by atoms with Crippen LogP contribution in [0.4, 0.5) is 5.69 Å². The molecular weight excluding hydrogens is 254 g/mol. The van der Waals surface area contributed by atoms with Crippen molar-refractivity contribution in [3.8, 4) is 0 Å². The van der Waals surface area contributed by atoms with Gasteiger partial charge in [-0.1, -0.05) is 54.6 Å². The first-order chi connectivity index (χ1) is 10.1. The second-order valence-corrected chi connectivity index (χ2v) is 5.75. The average molecular weight is 275 g/mol. The lowest BCUT2D eigenvalue weighted by Gasteiger charge is -2.19. The Morgan fingerprint density at radius 1 is 0.857 bits per heavy atom. The predicted molar refractivity (Wildman–Crippen MR) is 91.9 cm³/mol. The van der Waals surface area contributed by atoms with Gasteiger partial charge in [-0.05, 0) is 54.3 Å². The zero-order chi connectivity index (χ0) is 14.8. The molecule has 0 heterocycles. The molecular formula is C20H21N. The molecule has 0 aliphatic heterocycles. The molecule has 0 fully saturated rings. The van der Waals surface area contributed by atoms with Crippen molar-refractivity contribution in [3.05, 3.63) is 77.4 Å². The Morgan fingerprint density at radius 2 is 1.62 bits per heavy atom. The fraction of sp³-hybridized carbons (Fsp3) is 0.200. The third-order valence-corrected chi connectivity index (χ3v) is 4.05. The summed E-state index contributed by atoms with van der Waals surface area (Å²) in [6.45, 7) is 6.51. The Kier molecular flexibility index (Phi) is 3.66. The van der Waals surface area contributed by atoms with Crippen LogP contribution < -0.4 is 5.32 Å². The lowest BCUT2D eigenvalue weighted by Crippen LogP contribution is -2.08. The number of anilines is 1. The number of hydrogen-bond acceptors (Lipinski definition) is 1. The molecule has 0 aliphatic rings. The summed E-state index contributed by atoms with van der Waals surface area (Å²) in [6.07, 6.45) is 0. The topological polar surface area (TPSA) is 12.0 Å². The van der Waals surface area contributed by atoms with Crippen molar-refractivity contribution in [1.29, 1.82) is 0 Å². The normalized spacial score (nSPS) is 12.3. The number of rotatable bonds is 3. The van der Waals surface area contributed by atoms with E-state index >= 15 is 0 Å². The molecule has 1 unspecified atom stereocenters. The molecule has 1 N–H and O–H groups in total. The highest BCUT2D eigenvalue weighted by molar-refractivity contribution is 5.86. The van der Waals surface area contributed by atoms with Crippen LogP contribution in [-0.4, -0.2) is 0 Å². The molecule has 106 valence electrons. The number of fused-ring (bicyclic) bond motifs is 1. The van der Waals surface area contributed by atoms with Crippen molar-refractivity contribution in [3.63, 3.8) is 0 Å². The lowest BCUT2D eigenvalue weighted by molar-refractivity contribution is 0.892. The second kappa shape index (κ2) is 5.61. The van der Waals surface area contributed by atoms with Crippen molar-refractivity contribution in [2.24, 2.45) is 0 Å². The van der Waals surface area contributed by atoms with Crippen molar-refractivity contribution in [2.45, 2.75) is 26.8 Å². The van der Waals surface area contributed by atoms with Gasteiger partial charge in [0.2, 0.25) is 0 Å². The third kappa shape index (κ3) is 2.78. The van der Waals surface area contributed by atoms with E-state index in [-0.39, 0.29) is 6.04 Å². The first-order valence-electron chi connectivity index (χ1n) is 7.46. The Morgan fingerprint density at radius 3 is 2.48 bits per heavy atom. The van der Waals surface area contributed by atoms with E-state index in [2.05, 4.69) is 86.8 Å². The molecule has 0 amide bonds. The number of benzene rings is 3. The van der Waals surface area contributed by atoms with E-state index in [1.807, 2.05) is 0 Å². The van der Waals surface area contributed by atoms with Crippen LogP contribution >= 0.6 is 0 Å². The maximum Gasteiger partial charge on any atom is 0.0491 e. The summed E-state index contributed by atoms with van der Waals surface area (Å²) >= 11 is 0. The fourth-order valence-electron chi connectivity index (χ4n) is 2.83. The molecule has 21 heavy (non-hydrogen) atoms. The van der Waals surface area contributed by atoms with Crippen LogP contribution in [0, 0.1) is 13.8 Å². The van der Waals surface area contributed by atoms with Gasteiger partial charge >= 0.3 is 0 Å². The molecule has 3 rings (SSSR count). The van der Waals surface area contributed by atoms with Crippen molar-refractivity contribution in [2.75, 3.05) is 5.32 Å². The van der Waals surface area contributed by atoms with E-state index in [0.717, 1.165) is 0 Å². The minimum absolute atomic E-state index is 0.275. The summed E-state index contributed by atoms with van der Waals surface area (Å²) in [7, 11) is 0. The average Bonchev–Trinajstić information content (AvgIpc) is 2.50. The van der Waals surface area contributed by atoms with E-state index < -0.39 is 0 Å². The number of aryl methyl sites for hydroxylation is 2. The van der Waals surface area contributed by atoms with Crippen LogP contribution in [0.3, 0.4) is 0 Å². The smallest absolute Gasteiger partial charge is 0.0491 e. The molecule has 0 aromatic heterocycles. The van der Waals surface area contributed by atoms with Gasteiger partial charge < -0.3 is 5.32 Å². The van der Waals surface area contributed by atoms with E-state index in [0.29, 0.717) is 0 Å². The molecule has 1 atom stereocenters. The molecule has 0 bridgehead atoms. The summed E-state index contributed by atoms with van der Waals surface area (Å²) in [5.74, 6) is 0. The summed E-state index contributed by atoms with van der Waals surface area (Å²) in [6, 6.07) is 21.9. The quantitative estimate of drug-likeness (QED) is 0.653. The molecule has 3 aromatic rings. The Labute approximate surface area is 126 Å². The molecule has 0 saturated heterocycles. The van der Waals surface area contributed by atoms with Gasteiger partial charge in [-0.3, -0.25) is 0 Å². The Hall–Kier alpha value is -2.28. The maximum atomic E-state index is 3.66. The summed E-state index contributed by atoms with van der Waals surface area (Å²) < 4.78 is 0. The third-order valence-electron chi connectivity index (χ3n) is 4.05. The van der Waals surface area contributed by atoms with Crippen LogP contribution in [-0.2, 0) is 0 Å². The molecule has 1 nitrogen and oxygen atoms in total. The van der Waals surface area contributed by atoms with Gasteiger partial charge in [0.05, 0.1) is 0 Å². The lowest BCUT2D eigenvalue weighted by atomic mass is 9.99. The zero-order valence-electron chi connectivity index (χ0n) is 12.9. The molecule has 1 heteroatoms. The van der Waals surface area contributed by atoms with Gasteiger partial charge in [0, 0.05) is 11.7 Å². The van der Waals surface area contributed by atoms with Crippen LogP contribution in [0.1, 0.15) is 29.7 Å². The van der Waals surface area contributed by atoms with Crippen LogP contribution in [0.2, 0.25) is 0 Å². The predicted octanol–water partition coefficient (Wildman–Crippen LogP) is 5.63. The van der Waals surface area contributed by atoms with E-state index in [1.54, 1.807) is 0 Å². The highest BCUT2D eigenvalue weighted by atomic mass is 14.9. The number of hydrogen-bond donors (Lipinski definition) is 1. The van der Waals surface area contributed by atoms with Gasteiger partial charge in [-0.25, -0.2) is 0 Å². The minimum atomic E-state index is 0.275. The van der Waals surface area contributed by atoms with E-state index in [4.69, 9.17) is 0 Å². The van der Waals surface area contributed by atoms with Gasteiger partial charge in [0.1, 0.15) is 0 Å². The monoisotopic (exact) mass is 275 g/mol. The van der Waals surface area contributed by atoms with Gasteiger partial charge in [0.15, 0.2) is 0 Å². The first kappa shape index (κ1) is 13.7. The zero-order valence-corrected chi connectivity index (χ0v) is 12.9. The Bertz CT molecular complexity index is 768. The standard InChI is InChI=1S/C20H21N/c1-14-11-12-15(2)20(13-14)21-16(3)18-10-6-8-17-7-4-5-9-19(17)18/h4-13,16,21H,1-3H3. The molecule has 0 aliphatic carbocycles. The maximum absolute atomic E-state index is 3.66. The fourth-order valence-corrected chi connectivity index (χ4v) is 2.83. The number of nitrogens with one attached hydrogen (secondary N) is 1. The minimum Gasteiger partial charge on any atom is -0.378 e. The molecule has 3 aromatic carbocycles. The van der Waals surface area contributed by atoms with E-state index in [1.165, 1.54) is 33.2 Å². The highest BCUT2D eigenvalue weighted by Crippen LogP contribution is 2.28. The molecule has 0 saturated carbocycles. The summed E-state index contributed by atoms with van der Waals surface area (Å²) in [5, 5.41) is 6.28. The van der Waals surface area contributed by atoms with Crippen molar-refractivity contribution in [1.82, 2.24) is 0 Å². The SMILES string of the molecule is Cc1ccc(C)c(NC(C)c2cccc3ccccc23)c1. The van der Waals surface area contributed by atoms with Gasteiger partial charge in [-0.2, -0.15) is 0 Å². The highest BCUT2D eigenvalue weighted by Gasteiger charge is 2.10. The molecule has 0 spiro atoms. The Balaban J connectivity index is 1.97. The second-order valence-electron chi connectivity index (χ2n) is 5.75. The van der Waals surface area contributed by atoms with Gasteiger partial charge in [-0.15, -0.1) is 0 Å². The first-order valence-corrected chi connectivity index (χ1v) is 7.46. The van der Waals surface area contributed by atoms with Crippen molar-refractivity contribution < 1.29 is 0 Å². The summed E-state index contributed by atoms with van der Waals surface area (Å²) in [4.78, 5) is 0. The van der Waals surface area contributed by atoms with E-state index in [9.17, 15) is 0 Å². The van der Waals surface area contributed by atoms with Crippen LogP contribution in [0.25, 0.3) is 10.8 Å².